The summed E-state index contributed by atoms with van der Waals surface area (Å²) in [7, 11) is 0. The van der Waals surface area contributed by atoms with Crippen molar-refractivity contribution < 1.29 is 18.6 Å². The smallest absolute Gasteiger partial charge is 0.254 e. The molecular formula is C15H23FN4O3. The molecule has 8 heteroatoms. The number of ether oxygens (including phenoxy) is 3. The normalized spacial score (nSPS) is 19.8. The Labute approximate surface area is 135 Å². The van der Waals surface area contributed by atoms with Gasteiger partial charge in [0.15, 0.2) is 0 Å². The van der Waals surface area contributed by atoms with Gasteiger partial charge in [0, 0.05) is 38.8 Å². The molecule has 0 radical (unpaired) electrons. The van der Waals surface area contributed by atoms with E-state index in [9.17, 15) is 4.39 Å². The van der Waals surface area contributed by atoms with Crippen LogP contribution in [0.2, 0.25) is 0 Å². The lowest BCUT2D eigenvalue weighted by atomic mass is 10.3. The van der Waals surface area contributed by atoms with Crippen molar-refractivity contribution in [2.75, 3.05) is 76.4 Å². The van der Waals surface area contributed by atoms with Gasteiger partial charge in [-0.3, -0.25) is 4.90 Å². The number of nitrogen functional groups attached to an aromatic ring is 1. The van der Waals surface area contributed by atoms with Crippen LogP contribution in [0.25, 0.3) is 0 Å². The van der Waals surface area contributed by atoms with Crippen LogP contribution < -0.4 is 15.4 Å². The number of hydrogen-bond donors (Lipinski definition) is 1. The van der Waals surface area contributed by atoms with Crippen molar-refractivity contribution in [1.29, 1.82) is 0 Å². The Balaban J connectivity index is 1.62. The molecule has 2 aliphatic rings. The lowest BCUT2D eigenvalue weighted by molar-refractivity contribution is 0.0317. The maximum absolute atomic E-state index is 14.6. The van der Waals surface area contributed by atoms with Crippen molar-refractivity contribution in [3.63, 3.8) is 0 Å². The quantitative estimate of drug-likeness (QED) is 0.837. The van der Waals surface area contributed by atoms with Crippen molar-refractivity contribution in [3.05, 3.63) is 11.9 Å². The largest absolute Gasteiger partial charge is 0.474 e. The highest BCUT2D eigenvalue weighted by atomic mass is 19.1. The fourth-order valence-corrected chi connectivity index (χ4v) is 2.74. The zero-order chi connectivity index (χ0) is 16.1. The third-order valence-electron chi connectivity index (χ3n) is 4.03. The number of nitrogens with zero attached hydrogens (tertiary/aromatic N) is 3. The van der Waals surface area contributed by atoms with Crippen LogP contribution in [0.15, 0.2) is 6.07 Å². The number of hydrogen-bond acceptors (Lipinski definition) is 7. The number of nitrogens with two attached hydrogens (primary N) is 1. The highest BCUT2D eigenvalue weighted by molar-refractivity contribution is 5.57. The second-order valence-electron chi connectivity index (χ2n) is 5.59. The Morgan fingerprint density at radius 3 is 2.48 bits per heavy atom. The average molecular weight is 326 g/mol. The predicted molar refractivity (Wildman–Crippen MR) is 84.4 cm³/mol. The van der Waals surface area contributed by atoms with Crippen molar-refractivity contribution >= 4 is 11.5 Å². The SMILES string of the molecule is Nc1cc(N2CCOCC2)c(F)c(OCCN2CCOCC2)n1. The van der Waals surface area contributed by atoms with Crippen LogP contribution in [0.4, 0.5) is 15.9 Å². The van der Waals surface area contributed by atoms with Gasteiger partial charge in [0.25, 0.3) is 5.88 Å². The fourth-order valence-electron chi connectivity index (χ4n) is 2.74. The maximum atomic E-state index is 14.6. The molecule has 3 heterocycles. The minimum Gasteiger partial charge on any atom is -0.474 e. The number of morpholine rings is 2. The first-order chi connectivity index (χ1) is 11.2. The Kier molecular flexibility index (Phi) is 5.47. The molecule has 2 saturated heterocycles. The number of aromatic nitrogens is 1. The lowest BCUT2D eigenvalue weighted by Crippen LogP contribution is -2.39. The van der Waals surface area contributed by atoms with Gasteiger partial charge in [-0.1, -0.05) is 0 Å². The molecule has 128 valence electrons. The van der Waals surface area contributed by atoms with E-state index < -0.39 is 5.82 Å². The molecule has 2 aliphatic heterocycles. The molecule has 2 N–H and O–H groups in total. The number of halogens is 1. The molecule has 0 aromatic carbocycles. The molecule has 3 rings (SSSR count). The van der Waals surface area contributed by atoms with Gasteiger partial charge in [-0.2, -0.15) is 9.37 Å². The minimum atomic E-state index is -0.455. The minimum absolute atomic E-state index is 0.0280. The Morgan fingerprint density at radius 1 is 1.13 bits per heavy atom. The maximum Gasteiger partial charge on any atom is 0.254 e. The van der Waals surface area contributed by atoms with E-state index in [1.54, 1.807) is 6.07 Å². The van der Waals surface area contributed by atoms with Crippen LogP contribution in [-0.4, -0.2) is 75.6 Å². The molecule has 0 amide bonds. The van der Waals surface area contributed by atoms with Gasteiger partial charge in [0.05, 0.1) is 32.1 Å². The molecular weight excluding hydrogens is 303 g/mol. The molecule has 1 aromatic heterocycles. The van der Waals surface area contributed by atoms with E-state index in [1.165, 1.54) is 0 Å². The first-order valence-electron chi connectivity index (χ1n) is 7.95. The Hall–Kier alpha value is -1.64. The van der Waals surface area contributed by atoms with Gasteiger partial charge in [-0.25, -0.2) is 0 Å². The highest BCUT2D eigenvalue weighted by Crippen LogP contribution is 2.28. The van der Waals surface area contributed by atoms with Crippen molar-refractivity contribution in [2.24, 2.45) is 0 Å². The first-order valence-corrected chi connectivity index (χ1v) is 7.95. The van der Waals surface area contributed by atoms with E-state index in [0.29, 0.717) is 45.1 Å². The summed E-state index contributed by atoms with van der Waals surface area (Å²) in [6.07, 6.45) is 0. The lowest BCUT2D eigenvalue weighted by Gasteiger charge is -2.29. The van der Waals surface area contributed by atoms with Gasteiger partial charge < -0.3 is 24.8 Å². The van der Waals surface area contributed by atoms with Crippen LogP contribution in [0.3, 0.4) is 0 Å². The third-order valence-corrected chi connectivity index (χ3v) is 4.03. The van der Waals surface area contributed by atoms with Crippen LogP contribution in [0.5, 0.6) is 5.88 Å². The number of pyridine rings is 1. The van der Waals surface area contributed by atoms with Gasteiger partial charge in [0.2, 0.25) is 5.82 Å². The molecule has 0 saturated carbocycles. The van der Waals surface area contributed by atoms with Gasteiger partial charge in [0.1, 0.15) is 12.4 Å². The summed E-state index contributed by atoms with van der Waals surface area (Å²) < 4.78 is 30.8. The third kappa shape index (κ3) is 4.21. The standard InChI is InChI=1S/C15H23FN4O3/c16-14-12(20-4-8-22-9-5-20)11-13(17)18-15(14)23-10-3-19-1-6-21-7-2-19/h11H,1-10H2,(H2,17,18). The van der Waals surface area contributed by atoms with Gasteiger partial charge in [-0.15, -0.1) is 0 Å². The van der Waals surface area contributed by atoms with E-state index in [-0.39, 0.29) is 11.7 Å². The Bertz CT molecular complexity index is 520. The van der Waals surface area contributed by atoms with E-state index in [1.807, 2.05) is 4.90 Å². The molecule has 0 spiro atoms. The zero-order valence-corrected chi connectivity index (χ0v) is 13.2. The van der Waals surface area contributed by atoms with Crippen molar-refractivity contribution in [1.82, 2.24) is 9.88 Å². The number of rotatable bonds is 5. The monoisotopic (exact) mass is 326 g/mol. The fraction of sp³-hybridized carbons (Fsp3) is 0.667. The molecule has 0 bridgehead atoms. The molecule has 0 unspecified atom stereocenters. The van der Waals surface area contributed by atoms with E-state index >= 15 is 0 Å². The second kappa shape index (κ2) is 7.76. The summed E-state index contributed by atoms with van der Waals surface area (Å²) >= 11 is 0. The van der Waals surface area contributed by atoms with E-state index in [4.69, 9.17) is 19.9 Å². The predicted octanol–water partition coefficient (Wildman–Crippen LogP) is 0.351. The van der Waals surface area contributed by atoms with Crippen LogP contribution >= 0.6 is 0 Å². The van der Waals surface area contributed by atoms with E-state index in [0.717, 1.165) is 26.3 Å². The molecule has 7 nitrogen and oxygen atoms in total. The molecule has 23 heavy (non-hydrogen) atoms. The van der Waals surface area contributed by atoms with Crippen LogP contribution in [0, 0.1) is 5.82 Å². The topological polar surface area (TPSA) is 73.1 Å². The molecule has 0 atom stereocenters. The molecule has 2 fully saturated rings. The van der Waals surface area contributed by atoms with Gasteiger partial charge >= 0.3 is 0 Å². The molecule has 1 aromatic rings. The first kappa shape index (κ1) is 16.2. The molecule has 0 aliphatic carbocycles. The van der Waals surface area contributed by atoms with Gasteiger partial charge in [-0.05, 0) is 0 Å². The summed E-state index contributed by atoms with van der Waals surface area (Å²) in [6.45, 7) is 6.70. The number of anilines is 2. The summed E-state index contributed by atoms with van der Waals surface area (Å²) in [5.41, 5.74) is 6.24. The van der Waals surface area contributed by atoms with Crippen LogP contribution in [-0.2, 0) is 9.47 Å². The average Bonchev–Trinajstić information content (AvgIpc) is 2.59. The zero-order valence-electron chi connectivity index (χ0n) is 13.2. The summed E-state index contributed by atoms with van der Waals surface area (Å²) in [5.74, 6) is -0.225. The van der Waals surface area contributed by atoms with E-state index in [2.05, 4.69) is 9.88 Å². The van der Waals surface area contributed by atoms with Crippen LogP contribution in [0.1, 0.15) is 0 Å². The second-order valence-corrected chi connectivity index (χ2v) is 5.59. The highest BCUT2D eigenvalue weighted by Gasteiger charge is 2.20. The van der Waals surface area contributed by atoms with Crippen molar-refractivity contribution in [3.8, 4) is 5.88 Å². The summed E-state index contributed by atoms with van der Waals surface area (Å²) in [5, 5.41) is 0. The summed E-state index contributed by atoms with van der Waals surface area (Å²) in [4.78, 5) is 8.12. The summed E-state index contributed by atoms with van der Waals surface area (Å²) in [6, 6.07) is 1.55. The van der Waals surface area contributed by atoms with Crippen molar-refractivity contribution in [2.45, 2.75) is 0 Å². The Morgan fingerprint density at radius 2 is 1.78 bits per heavy atom.